The summed E-state index contributed by atoms with van der Waals surface area (Å²) < 4.78 is 12.9. The number of hydrogen-bond acceptors (Lipinski definition) is 5. The molecule has 1 aliphatic rings. The molecule has 6 heteroatoms. The smallest absolute Gasteiger partial charge is 0.337 e. The van der Waals surface area contributed by atoms with E-state index in [0.29, 0.717) is 18.1 Å². The summed E-state index contributed by atoms with van der Waals surface area (Å²) in [6, 6.07) is 15.4. The number of carbonyl (C=O) groups excluding carboxylic acids is 1. The van der Waals surface area contributed by atoms with Gasteiger partial charge in [0.2, 0.25) is 5.95 Å². The first-order valence-corrected chi connectivity index (χ1v) is 9.40. The molecule has 4 rings (SSSR count). The zero-order valence-electron chi connectivity index (χ0n) is 16.2. The molecule has 0 bridgehead atoms. The van der Waals surface area contributed by atoms with Crippen molar-refractivity contribution in [3.8, 4) is 5.75 Å². The highest BCUT2D eigenvalue weighted by Gasteiger charge is 2.34. The molecule has 3 aromatic rings. The molecule has 144 valence electrons. The van der Waals surface area contributed by atoms with Crippen molar-refractivity contribution in [1.82, 2.24) is 9.55 Å². The van der Waals surface area contributed by atoms with Gasteiger partial charge in [0.25, 0.3) is 0 Å². The van der Waals surface area contributed by atoms with Crippen LogP contribution in [0.15, 0.2) is 59.8 Å². The number of esters is 1. The number of methoxy groups -OCH3 is 1. The molecule has 1 aromatic heterocycles. The van der Waals surface area contributed by atoms with Gasteiger partial charge >= 0.3 is 5.97 Å². The van der Waals surface area contributed by atoms with Crippen LogP contribution in [0.1, 0.15) is 31.9 Å². The lowest BCUT2D eigenvalue weighted by Gasteiger charge is -2.30. The van der Waals surface area contributed by atoms with Gasteiger partial charge in [0.1, 0.15) is 5.75 Å². The molecule has 0 amide bonds. The van der Waals surface area contributed by atoms with E-state index in [2.05, 4.69) is 16.8 Å². The molecule has 1 atom stereocenters. The van der Waals surface area contributed by atoms with Crippen LogP contribution in [0, 0.1) is 0 Å². The number of nitrogens with one attached hydrogen (secondary N) is 1. The minimum Gasteiger partial charge on any atom is -0.494 e. The molecule has 1 aliphatic heterocycles. The van der Waals surface area contributed by atoms with E-state index in [4.69, 9.17) is 14.5 Å². The molecule has 0 saturated carbocycles. The third-order valence-corrected chi connectivity index (χ3v) is 4.90. The molecule has 6 nitrogen and oxygen atoms in total. The Bertz CT molecular complexity index is 1050. The van der Waals surface area contributed by atoms with Crippen molar-refractivity contribution >= 4 is 23.0 Å². The summed E-state index contributed by atoms with van der Waals surface area (Å²) >= 11 is 0. The number of para-hydroxylation sites is 2. The van der Waals surface area contributed by atoms with Crippen LogP contribution in [0.25, 0.3) is 11.0 Å². The monoisotopic (exact) mass is 377 g/mol. The molecular weight excluding hydrogens is 354 g/mol. The van der Waals surface area contributed by atoms with E-state index >= 15 is 0 Å². The topological polar surface area (TPSA) is 65.4 Å². The number of nitrogens with zero attached hydrogens (tertiary/aromatic N) is 2. The normalized spacial score (nSPS) is 15.9. The molecule has 2 aromatic carbocycles. The third-order valence-electron chi connectivity index (χ3n) is 4.90. The Balaban J connectivity index is 1.87. The van der Waals surface area contributed by atoms with Gasteiger partial charge in [-0.2, -0.15) is 0 Å². The van der Waals surface area contributed by atoms with Crippen molar-refractivity contribution in [1.29, 1.82) is 0 Å². The highest BCUT2D eigenvalue weighted by atomic mass is 16.5. The van der Waals surface area contributed by atoms with Crippen molar-refractivity contribution in [3.63, 3.8) is 0 Å². The number of anilines is 1. The first-order valence-electron chi connectivity index (χ1n) is 9.40. The van der Waals surface area contributed by atoms with Gasteiger partial charge in [0.05, 0.1) is 36.4 Å². The molecular formula is C22H23N3O3. The van der Waals surface area contributed by atoms with Crippen LogP contribution < -0.4 is 10.1 Å². The lowest BCUT2D eigenvalue weighted by Crippen LogP contribution is -2.28. The van der Waals surface area contributed by atoms with Crippen LogP contribution in [0.3, 0.4) is 0 Å². The average molecular weight is 377 g/mol. The summed E-state index contributed by atoms with van der Waals surface area (Å²) in [6.07, 6.45) is 0.953. The molecule has 2 heterocycles. The Kier molecular flexibility index (Phi) is 4.77. The SMILES string of the molecule is CCCOc1ccc(C2C(C(=O)OC)=C(C)Nc3nc4ccccc4n32)cc1. The highest BCUT2D eigenvalue weighted by Crippen LogP contribution is 2.39. The van der Waals surface area contributed by atoms with E-state index in [9.17, 15) is 4.79 Å². The number of imidazole rings is 1. The van der Waals surface area contributed by atoms with Gasteiger partial charge in [0, 0.05) is 5.70 Å². The number of benzene rings is 2. The van der Waals surface area contributed by atoms with Crippen LogP contribution in [0.2, 0.25) is 0 Å². The van der Waals surface area contributed by atoms with Crippen LogP contribution in [-0.2, 0) is 9.53 Å². The van der Waals surface area contributed by atoms with Crippen LogP contribution in [0.4, 0.5) is 5.95 Å². The summed E-state index contributed by atoms with van der Waals surface area (Å²) in [5, 5.41) is 3.26. The second-order valence-corrected chi connectivity index (χ2v) is 6.77. The van der Waals surface area contributed by atoms with Crippen molar-refractivity contribution in [2.24, 2.45) is 0 Å². The van der Waals surface area contributed by atoms with Gasteiger partial charge in [-0.3, -0.25) is 4.57 Å². The fraction of sp³-hybridized carbons (Fsp3) is 0.273. The van der Waals surface area contributed by atoms with Crippen molar-refractivity contribution in [3.05, 3.63) is 65.4 Å². The van der Waals surface area contributed by atoms with Crippen molar-refractivity contribution in [2.75, 3.05) is 19.0 Å². The Morgan fingerprint density at radius 2 is 1.93 bits per heavy atom. The van der Waals surface area contributed by atoms with Crippen LogP contribution in [0.5, 0.6) is 5.75 Å². The summed E-state index contributed by atoms with van der Waals surface area (Å²) in [4.78, 5) is 17.4. The van der Waals surface area contributed by atoms with Gasteiger partial charge < -0.3 is 14.8 Å². The molecule has 1 unspecified atom stereocenters. The largest absolute Gasteiger partial charge is 0.494 e. The molecule has 0 aliphatic carbocycles. The van der Waals surface area contributed by atoms with E-state index in [-0.39, 0.29) is 12.0 Å². The van der Waals surface area contributed by atoms with Gasteiger partial charge in [-0.15, -0.1) is 0 Å². The average Bonchev–Trinajstić information content (AvgIpc) is 3.09. The van der Waals surface area contributed by atoms with E-state index in [1.54, 1.807) is 0 Å². The molecule has 1 N–H and O–H groups in total. The summed E-state index contributed by atoms with van der Waals surface area (Å²) in [6.45, 7) is 4.63. The van der Waals surface area contributed by atoms with E-state index in [0.717, 1.165) is 34.5 Å². The van der Waals surface area contributed by atoms with E-state index in [1.807, 2.05) is 55.5 Å². The van der Waals surface area contributed by atoms with Crippen LogP contribution >= 0.6 is 0 Å². The minimum atomic E-state index is -0.357. The van der Waals surface area contributed by atoms with Crippen molar-refractivity contribution < 1.29 is 14.3 Å². The maximum atomic E-state index is 12.7. The Hall–Kier alpha value is -3.28. The quantitative estimate of drug-likeness (QED) is 0.672. The number of aromatic nitrogens is 2. The van der Waals surface area contributed by atoms with Gasteiger partial charge in [-0.25, -0.2) is 9.78 Å². The third kappa shape index (κ3) is 3.01. The Morgan fingerprint density at radius 3 is 2.64 bits per heavy atom. The lowest BCUT2D eigenvalue weighted by atomic mass is 9.95. The number of allylic oxidation sites excluding steroid dienone is 1. The second-order valence-electron chi connectivity index (χ2n) is 6.77. The van der Waals surface area contributed by atoms with Gasteiger partial charge in [-0.1, -0.05) is 31.2 Å². The fourth-order valence-electron chi connectivity index (χ4n) is 3.62. The number of carbonyl (C=O) groups is 1. The first-order chi connectivity index (χ1) is 13.6. The molecule has 0 fully saturated rings. The van der Waals surface area contributed by atoms with Crippen molar-refractivity contribution in [2.45, 2.75) is 26.3 Å². The standard InChI is InChI=1S/C22H23N3O3/c1-4-13-28-16-11-9-15(10-12-16)20-19(21(26)27-3)14(2)23-22-24-17-7-5-6-8-18(17)25(20)22/h5-12,20H,4,13H2,1-3H3,(H,23,24). The molecule has 0 saturated heterocycles. The minimum absolute atomic E-state index is 0.337. The summed E-state index contributed by atoms with van der Waals surface area (Å²) in [5.74, 6) is 1.17. The van der Waals surface area contributed by atoms with Gasteiger partial charge in [-0.05, 0) is 43.2 Å². The number of fused-ring (bicyclic) bond motifs is 3. The van der Waals surface area contributed by atoms with Gasteiger partial charge in [0.15, 0.2) is 0 Å². The Labute approximate surface area is 163 Å². The fourth-order valence-corrected chi connectivity index (χ4v) is 3.62. The van der Waals surface area contributed by atoms with E-state index in [1.165, 1.54) is 7.11 Å². The summed E-state index contributed by atoms with van der Waals surface area (Å²) in [7, 11) is 1.41. The zero-order valence-corrected chi connectivity index (χ0v) is 16.2. The predicted molar refractivity (Wildman–Crippen MR) is 108 cm³/mol. The second kappa shape index (κ2) is 7.38. The van der Waals surface area contributed by atoms with E-state index < -0.39 is 0 Å². The first kappa shape index (κ1) is 18.1. The molecule has 0 spiro atoms. The van der Waals surface area contributed by atoms with Crippen LogP contribution in [-0.4, -0.2) is 29.2 Å². The highest BCUT2D eigenvalue weighted by molar-refractivity contribution is 5.94. The lowest BCUT2D eigenvalue weighted by molar-refractivity contribution is -0.136. The summed E-state index contributed by atoms with van der Waals surface area (Å²) in [5.41, 5.74) is 4.10. The number of hydrogen-bond donors (Lipinski definition) is 1. The predicted octanol–water partition coefficient (Wildman–Crippen LogP) is 4.29. The molecule has 28 heavy (non-hydrogen) atoms. The molecule has 0 radical (unpaired) electrons. The Morgan fingerprint density at radius 1 is 1.18 bits per heavy atom. The zero-order chi connectivity index (χ0) is 19.7. The maximum Gasteiger partial charge on any atom is 0.337 e. The maximum absolute atomic E-state index is 12.7. The number of ether oxygens (including phenoxy) is 2. The number of rotatable bonds is 5.